The maximum atomic E-state index is 12.3. The van der Waals surface area contributed by atoms with Crippen LogP contribution in [0.15, 0.2) is 42.5 Å². The average molecular weight is 355 g/mol. The van der Waals surface area contributed by atoms with Crippen LogP contribution in [0.3, 0.4) is 0 Å². The van der Waals surface area contributed by atoms with E-state index in [1.54, 1.807) is 6.92 Å². The van der Waals surface area contributed by atoms with Crippen LogP contribution in [0.5, 0.6) is 0 Å². The number of fused-ring (bicyclic) bond motifs is 1. The van der Waals surface area contributed by atoms with E-state index in [1.165, 1.54) is 15.3 Å². The lowest BCUT2D eigenvalue weighted by Gasteiger charge is -2.46. The second-order valence-electron chi connectivity index (χ2n) is 7.50. The SMILES string of the molecule is CC(=O)N1CC[C@@]2(c3ccccc3)CCN(Cc3ccc(C)s3)C[C@H]12. The van der Waals surface area contributed by atoms with Gasteiger partial charge in [-0.15, -0.1) is 11.3 Å². The third kappa shape index (κ3) is 3.02. The highest BCUT2D eigenvalue weighted by atomic mass is 32.1. The molecule has 2 aromatic rings. The van der Waals surface area contributed by atoms with E-state index in [4.69, 9.17) is 0 Å². The molecule has 2 fully saturated rings. The van der Waals surface area contributed by atoms with Gasteiger partial charge in [0.15, 0.2) is 0 Å². The first kappa shape index (κ1) is 16.8. The van der Waals surface area contributed by atoms with Gasteiger partial charge in [-0.3, -0.25) is 9.69 Å². The van der Waals surface area contributed by atoms with E-state index >= 15 is 0 Å². The summed E-state index contributed by atoms with van der Waals surface area (Å²) in [5, 5.41) is 0. The van der Waals surface area contributed by atoms with Crippen molar-refractivity contribution < 1.29 is 4.79 Å². The summed E-state index contributed by atoms with van der Waals surface area (Å²) in [6.07, 6.45) is 2.23. The maximum absolute atomic E-state index is 12.3. The monoisotopic (exact) mass is 354 g/mol. The molecule has 0 saturated carbocycles. The van der Waals surface area contributed by atoms with Gasteiger partial charge in [-0.25, -0.2) is 0 Å². The fourth-order valence-corrected chi connectivity index (χ4v) is 5.69. The van der Waals surface area contributed by atoms with E-state index in [-0.39, 0.29) is 11.3 Å². The third-order valence-corrected chi connectivity index (χ3v) is 7.03. The fraction of sp³-hybridized carbons (Fsp3) is 0.476. The summed E-state index contributed by atoms with van der Waals surface area (Å²) in [6, 6.07) is 15.6. The minimum atomic E-state index is 0.134. The van der Waals surface area contributed by atoms with Crippen LogP contribution in [-0.4, -0.2) is 41.4 Å². The summed E-state index contributed by atoms with van der Waals surface area (Å²) >= 11 is 1.89. The first-order chi connectivity index (χ1) is 12.1. The number of nitrogens with zero attached hydrogens (tertiary/aromatic N) is 2. The normalized spacial score (nSPS) is 26.6. The van der Waals surface area contributed by atoms with Crippen LogP contribution in [0, 0.1) is 6.92 Å². The molecular formula is C21H26N2OS. The smallest absolute Gasteiger partial charge is 0.219 e. The van der Waals surface area contributed by atoms with E-state index in [1.807, 2.05) is 11.3 Å². The largest absolute Gasteiger partial charge is 0.338 e. The molecule has 3 heterocycles. The van der Waals surface area contributed by atoms with Crippen LogP contribution >= 0.6 is 11.3 Å². The van der Waals surface area contributed by atoms with Crippen LogP contribution < -0.4 is 0 Å². The molecule has 25 heavy (non-hydrogen) atoms. The van der Waals surface area contributed by atoms with Gasteiger partial charge in [0.05, 0.1) is 6.04 Å². The molecule has 0 bridgehead atoms. The van der Waals surface area contributed by atoms with Crippen molar-refractivity contribution >= 4 is 17.2 Å². The van der Waals surface area contributed by atoms with Crippen molar-refractivity contribution in [3.8, 4) is 0 Å². The summed E-state index contributed by atoms with van der Waals surface area (Å²) in [6.45, 7) is 7.87. The molecule has 1 amide bonds. The van der Waals surface area contributed by atoms with Gasteiger partial charge in [0, 0.05) is 41.7 Å². The molecule has 3 nitrogen and oxygen atoms in total. The quantitative estimate of drug-likeness (QED) is 0.836. The van der Waals surface area contributed by atoms with Crippen molar-refractivity contribution in [2.75, 3.05) is 19.6 Å². The highest BCUT2D eigenvalue weighted by molar-refractivity contribution is 7.11. The van der Waals surface area contributed by atoms with Gasteiger partial charge < -0.3 is 4.90 Å². The van der Waals surface area contributed by atoms with E-state index < -0.39 is 0 Å². The van der Waals surface area contributed by atoms with E-state index in [9.17, 15) is 4.79 Å². The number of hydrogen-bond acceptors (Lipinski definition) is 3. The Labute approximate surface area is 154 Å². The molecule has 0 unspecified atom stereocenters. The summed E-state index contributed by atoms with van der Waals surface area (Å²) in [5.74, 6) is 0.219. The maximum Gasteiger partial charge on any atom is 0.219 e. The van der Waals surface area contributed by atoms with Crippen LogP contribution in [-0.2, 0) is 16.8 Å². The molecule has 2 saturated heterocycles. The Morgan fingerprint density at radius 2 is 1.92 bits per heavy atom. The van der Waals surface area contributed by atoms with E-state index in [0.717, 1.165) is 39.0 Å². The third-order valence-electron chi connectivity index (χ3n) is 6.05. The highest BCUT2D eigenvalue weighted by Crippen LogP contribution is 2.46. The molecule has 1 aromatic carbocycles. The highest BCUT2D eigenvalue weighted by Gasteiger charge is 2.51. The van der Waals surface area contributed by atoms with Crippen molar-refractivity contribution in [3.05, 3.63) is 57.8 Å². The van der Waals surface area contributed by atoms with Crippen LogP contribution in [0.2, 0.25) is 0 Å². The van der Waals surface area contributed by atoms with E-state index in [2.05, 4.69) is 59.2 Å². The van der Waals surface area contributed by atoms with Gasteiger partial charge in [-0.05, 0) is 44.0 Å². The lowest BCUT2D eigenvalue weighted by molar-refractivity contribution is -0.131. The predicted molar refractivity (Wildman–Crippen MR) is 103 cm³/mol. The number of rotatable bonds is 3. The topological polar surface area (TPSA) is 23.6 Å². The number of carbonyl (C=O) groups excluding carboxylic acids is 1. The Kier molecular flexibility index (Phi) is 4.42. The zero-order chi connectivity index (χ0) is 17.4. The number of aryl methyl sites for hydroxylation is 1. The Morgan fingerprint density at radius 1 is 1.16 bits per heavy atom. The number of piperidine rings is 1. The summed E-state index contributed by atoms with van der Waals surface area (Å²) in [7, 11) is 0. The van der Waals surface area contributed by atoms with Crippen molar-refractivity contribution in [1.82, 2.24) is 9.80 Å². The van der Waals surface area contributed by atoms with Crippen molar-refractivity contribution in [2.45, 2.75) is 44.7 Å². The zero-order valence-corrected chi connectivity index (χ0v) is 15.9. The fourth-order valence-electron chi connectivity index (χ4n) is 4.76. The molecule has 2 atom stereocenters. The average Bonchev–Trinajstić information content (AvgIpc) is 3.20. The molecule has 0 aliphatic carbocycles. The van der Waals surface area contributed by atoms with Gasteiger partial charge in [0.2, 0.25) is 5.91 Å². The Balaban J connectivity index is 1.60. The zero-order valence-electron chi connectivity index (χ0n) is 15.1. The molecule has 2 aliphatic rings. The van der Waals surface area contributed by atoms with E-state index in [0.29, 0.717) is 6.04 Å². The van der Waals surface area contributed by atoms with Crippen LogP contribution in [0.4, 0.5) is 0 Å². The molecule has 0 spiro atoms. The molecule has 1 aromatic heterocycles. The van der Waals surface area contributed by atoms with Gasteiger partial charge in [-0.1, -0.05) is 30.3 Å². The standard InChI is InChI=1S/C21H26N2OS/c1-16-8-9-19(25-16)14-22-12-10-21(18-6-4-3-5-7-18)11-13-23(17(2)24)20(21)15-22/h3-9,20H,10-15H2,1-2H3/t20-,21+/m0/s1. The van der Waals surface area contributed by atoms with Gasteiger partial charge in [0.1, 0.15) is 0 Å². The predicted octanol–water partition coefficient (Wildman–Crippen LogP) is 3.82. The Morgan fingerprint density at radius 3 is 2.60 bits per heavy atom. The molecule has 132 valence electrons. The number of thiophene rings is 1. The summed E-state index contributed by atoms with van der Waals surface area (Å²) in [5.41, 5.74) is 1.55. The summed E-state index contributed by atoms with van der Waals surface area (Å²) in [4.78, 5) is 19.7. The second-order valence-corrected chi connectivity index (χ2v) is 8.87. The molecule has 0 N–H and O–H groups in total. The number of amides is 1. The Hall–Kier alpha value is -1.65. The minimum absolute atomic E-state index is 0.134. The lowest BCUT2D eigenvalue weighted by Crippen LogP contribution is -2.56. The van der Waals surface area contributed by atoms with Gasteiger partial charge >= 0.3 is 0 Å². The summed E-state index contributed by atoms with van der Waals surface area (Å²) < 4.78 is 0. The minimum Gasteiger partial charge on any atom is -0.338 e. The molecular weight excluding hydrogens is 328 g/mol. The van der Waals surface area contributed by atoms with Crippen molar-refractivity contribution in [3.63, 3.8) is 0 Å². The van der Waals surface area contributed by atoms with Crippen LogP contribution in [0.1, 0.15) is 35.1 Å². The molecule has 4 rings (SSSR count). The first-order valence-electron chi connectivity index (χ1n) is 9.19. The van der Waals surface area contributed by atoms with Gasteiger partial charge in [0.25, 0.3) is 0 Å². The lowest BCUT2D eigenvalue weighted by atomic mass is 9.69. The number of likely N-dealkylation sites (tertiary alicyclic amines) is 2. The van der Waals surface area contributed by atoms with Crippen molar-refractivity contribution in [1.29, 1.82) is 0 Å². The number of benzene rings is 1. The molecule has 0 radical (unpaired) electrons. The number of hydrogen-bond donors (Lipinski definition) is 0. The first-order valence-corrected chi connectivity index (χ1v) is 10.0. The second kappa shape index (κ2) is 6.58. The number of carbonyl (C=O) groups is 1. The van der Waals surface area contributed by atoms with Gasteiger partial charge in [-0.2, -0.15) is 0 Å². The Bertz CT molecular complexity index is 756. The van der Waals surface area contributed by atoms with Crippen molar-refractivity contribution in [2.24, 2.45) is 0 Å². The van der Waals surface area contributed by atoms with Crippen LogP contribution in [0.25, 0.3) is 0 Å². The molecule has 2 aliphatic heterocycles. The molecule has 4 heteroatoms.